The van der Waals surface area contributed by atoms with Gasteiger partial charge in [-0.25, -0.2) is 4.79 Å². The zero-order valence-electron chi connectivity index (χ0n) is 17.7. The molecule has 1 aromatic rings. The largest absolute Gasteiger partial charge is 0.449 e. The zero-order valence-corrected chi connectivity index (χ0v) is 17.7. The Morgan fingerprint density at radius 3 is 2.28 bits per heavy atom. The van der Waals surface area contributed by atoms with Crippen molar-refractivity contribution in [2.24, 2.45) is 17.6 Å². The number of carbonyl (C=O) groups excluding carboxylic acids is 2. The van der Waals surface area contributed by atoms with Crippen molar-refractivity contribution in [2.75, 3.05) is 11.9 Å². The van der Waals surface area contributed by atoms with Gasteiger partial charge in [-0.3, -0.25) is 4.79 Å². The summed E-state index contributed by atoms with van der Waals surface area (Å²) in [6, 6.07) is 6.51. The molecule has 1 aliphatic carbocycles. The summed E-state index contributed by atoms with van der Waals surface area (Å²) in [7, 11) is 0. The Hall–Kier alpha value is -2.12. The van der Waals surface area contributed by atoms with Gasteiger partial charge in [-0.15, -0.1) is 0 Å². The molecular weight excluding hydrogens is 370 g/mol. The standard InChI is InChI=1S/C22H35N3O4/c1-22(2,3)25-21(28)29-14-17-6-4-15(5-7-17)12-19(23)20(27)24-18-10-8-16(13-26)9-11-18/h8-11,15,17,19,26H,4-7,12-14,23H2,1-3H3,(H,24,27)(H,25,28). The maximum Gasteiger partial charge on any atom is 0.407 e. The second kappa shape index (κ2) is 10.6. The fourth-order valence-corrected chi connectivity index (χ4v) is 3.56. The SMILES string of the molecule is CC(C)(C)NC(=O)OCC1CCC(CC(N)C(=O)Nc2ccc(CO)cc2)CC1. The van der Waals surface area contributed by atoms with Crippen LogP contribution in [-0.2, 0) is 16.1 Å². The first-order valence-corrected chi connectivity index (χ1v) is 10.4. The highest BCUT2D eigenvalue weighted by molar-refractivity contribution is 5.94. The summed E-state index contributed by atoms with van der Waals surface area (Å²) >= 11 is 0. The molecule has 162 valence electrons. The highest BCUT2D eigenvalue weighted by atomic mass is 16.5. The number of anilines is 1. The lowest BCUT2D eigenvalue weighted by molar-refractivity contribution is -0.117. The number of alkyl carbamates (subject to hydrolysis) is 1. The zero-order chi connectivity index (χ0) is 21.4. The first kappa shape index (κ1) is 23.2. The van der Waals surface area contributed by atoms with Gasteiger partial charge in [0.25, 0.3) is 0 Å². The highest BCUT2D eigenvalue weighted by Crippen LogP contribution is 2.31. The minimum Gasteiger partial charge on any atom is -0.449 e. The summed E-state index contributed by atoms with van der Waals surface area (Å²) in [5.74, 6) is 0.588. The summed E-state index contributed by atoms with van der Waals surface area (Å²) in [6.07, 6.45) is 4.21. The highest BCUT2D eigenvalue weighted by Gasteiger charge is 2.26. The van der Waals surface area contributed by atoms with Gasteiger partial charge in [0.15, 0.2) is 0 Å². The quantitative estimate of drug-likeness (QED) is 0.556. The number of benzene rings is 1. The van der Waals surface area contributed by atoms with Crippen molar-refractivity contribution in [1.29, 1.82) is 0 Å². The molecule has 1 saturated carbocycles. The summed E-state index contributed by atoms with van der Waals surface area (Å²) in [5.41, 5.74) is 7.29. The number of aliphatic hydroxyl groups excluding tert-OH is 1. The molecule has 1 atom stereocenters. The third-order valence-electron chi connectivity index (χ3n) is 5.22. The number of rotatable bonds is 7. The topological polar surface area (TPSA) is 114 Å². The van der Waals surface area contributed by atoms with Crippen molar-refractivity contribution < 1.29 is 19.4 Å². The van der Waals surface area contributed by atoms with Crippen molar-refractivity contribution in [1.82, 2.24) is 5.32 Å². The number of nitrogens with two attached hydrogens (primary N) is 1. The first-order chi connectivity index (χ1) is 13.7. The van der Waals surface area contributed by atoms with E-state index in [0.717, 1.165) is 31.2 Å². The Bertz CT molecular complexity index is 662. The van der Waals surface area contributed by atoms with E-state index in [-0.39, 0.29) is 24.1 Å². The lowest BCUT2D eigenvalue weighted by Gasteiger charge is -2.30. The number of ether oxygens (including phenoxy) is 1. The molecule has 7 nitrogen and oxygen atoms in total. The second-order valence-corrected chi connectivity index (χ2v) is 9.05. The van der Waals surface area contributed by atoms with Crippen LogP contribution >= 0.6 is 0 Å². The van der Waals surface area contributed by atoms with E-state index in [2.05, 4.69) is 10.6 Å². The van der Waals surface area contributed by atoms with E-state index in [9.17, 15) is 9.59 Å². The third kappa shape index (κ3) is 8.41. The van der Waals surface area contributed by atoms with Gasteiger partial charge in [0, 0.05) is 11.2 Å². The van der Waals surface area contributed by atoms with Crippen LogP contribution in [0.2, 0.25) is 0 Å². The minimum atomic E-state index is -0.553. The molecule has 29 heavy (non-hydrogen) atoms. The van der Waals surface area contributed by atoms with Crippen LogP contribution in [-0.4, -0.2) is 35.3 Å². The van der Waals surface area contributed by atoms with E-state index in [0.29, 0.717) is 30.6 Å². The normalized spacial score (nSPS) is 20.6. The molecule has 0 heterocycles. The lowest BCUT2D eigenvalue weighted by Crippen LogP contribution is -2.41. The molecule has 0 radical (unpaired) electrons. The van der Waals surface area contributed by atoms with Crippen LogP contribution in [0, 0.1) is 11.8 Å². The predicted octanol–water partition coefficient (Wildman–Crippen LogP) is 3.17. The van der Waals surface area contributed by atoms with Gasteiger partial charge in [-0.1, -0.05) is 12.1 Å². The summed E-state index contributed by atoms with van der Waals surface area (Å²) in [5, 5.41) is 14.7. The van der Waals surface area contributed by atoms with Gasteiger partial charge in [-0.2, -0.15) is 0 Å². The number of aliphatic hydroxyl groups is 1. The monoisotopic (exact) mass is 405 g/mol. The van der Waals surface area contributed by atoms with Gasteiger partial charge in [0.2, 0.25) is 5.91 Å². The van der Waals surface area contributed by atoms with E-state index < -0.39 is 6.04 Å². The van der Waals surface area contributed by atoms with Crippen molar-refractivity contribution in [3.05, 3.63) is 29.8 Å². The van der Waals surface area contributed by atoms with Gasteiger partial charge in [-0.05, 0) is 82.4 Å². The van der Waals surface area contributed by atoms with E-state index in [1.54, 1.807) is 24.3 Å². The molecule has 0 saturated heterocycles. The molecule has 0 aromatic heterocycles. The molecule has 1 aromatic carbocycles. The average molecular weight is 406 g/mol. The summed E-state index contributed by atoms with van der Waals surface area (Å²) < 4.78 is 5.34. The Kier molecular flexibility index (Phi) is 8.46. The maximum absolute atomic E-state index is 12.3. The van der Waals surface area contributed by atoms with Gasteiger partial charge in [0.05, 0.1) is 19.3 Å². The van der Waals surface area contributed by atoms with Crippen LogP contribution in [0.1, 0.15) is 58.4 Å². The molecule has 2 rings (SSSR count). The van der Waals surface area contributed by atoms with E-state index in [4.69, 9.17) is 15.6 Å². The van der Waals surface area contributed by atoms with Crippen LogP contribution < -0.4 is 16.4 Å². The summed E-state index contributed by atoms with van der Waals surface area (Å²) in [4.78, 5) is 24.1. The Morgan fingerprint density at radius 1 is 1.14 bits per heavy atom. The van der Waals surface area contributed by atoms with Crippen LogP contribution in [0.5, 0.6) is 0 Å². The fraction of sp³-hybridized carbons (Fsp3) is 0.636. The third-order valence-corrected chi connectivity index (χ3v) is 5.22. The van der Waals surface area contributed by atoms with E-state index in [1.807, 2.05) is 20.8 Å². The molecule has 1 aliphatic rings. The molecule has 0 bridgehead atoms. The Labute approximate surface area is 173 Å². The van der Waals surface area contributed by atoms with E-state index >= 15 is 0 Å². The molecule has 0 aliphatic heterocycles. The maximum atomic E-state index is 12.3. The number of amides is 2. The average Bonchev–Trinajstić information content (AvgIpc) is 2.66. The van der Waals surface area contributed by atoms with Crippen molar-refractivity contribution in [3.8, 4) is 0 Å². The van der Waals surface area contributed by atoms with Crippen molar-refractivity contribution in [3.63, 3.8) is 0 Å². The van der Waals surface area contributed by atoms with E-state index in [1.165, 1.54) is 0 Å². The number of carbonyl (C=O) groups is 2. The van der Waals surface area contributed by atoms with Crippen LogP contribution in [0.15, 0.2) is 24.3 Å². The Balaban J connectivity index is 1.68. The smallest absolute Gasteiger partial charge is 0.407 e. The second-order valence-electron chi connectivity index (χ2n) is 9.05. The van der Waals surface area contributed by atoms with Crippen LogP contribution in [0.3, 0.4) is 0 Å². The summed E-state index contributed by atoms with van der Waals surface area (Å²) in [6.45, 7) is 6.17. The molecule has 0 spiro atoms. The number of hydrogen-bond donors (Lipinski definition) is 4. The predicted molar refractivity (Wildman–Crippen MR) is 113 cm³/mol. The molecule has 5 N–H and O–H groups in total. The minimum absolute atomic E-state index is 0.0251. The van der Waals surface area contributed by atoms with Gasteiger partial charge >= 0.3 is 6.09 Å². The van der Waals surface area contributed by atoms with Gasteiger partial charge < -0.3 is 26.2 Å². The van der Waals surface area contributed by atoms with Crippen molar-refractivity contribution in [2.45, 2.75) is 71.1 Å². The number of hydrogen-bond acceptors (Lipinski definition) is 5. The van der Waals surface area contributed by atoms with Gasteiger partial charge in [0.1, 0.15) is 0 Å². The van der Waals surface area contributed by atoms with Crippen molar-refractivity contribution >= 4 is 17.7 Å². The Morgan fingerprint density at radius 2 is 1.72 bits per heavy atom. The first-order valence-electron chi connectivity index (χ1n) is 10.4. The molecule has 2 amide bonds. The fourth-order valence-electron chi connectivity index (χ4n) is 3.56. The molecule has 1 fully saturated rings. The molecular formula is C22H35N3O4. The molecule has 1 unspecified atom stereocenters. The number of nitrogens with one attached hydrogen (secondary N) is 2. The van der Waals surface area contributed by atoms with Crippen LogP contribution in [0.25, 0.3) is 0 Å². The van der Waals surface area contributed by atoms with Crippen LogP contribution in [0.4, 0.5) is 10.5 Å². The lowest BCUT2D eigenvalue weighted by atomic mass is 9.79. The molecule has 7 heteroatoms.